The summed E-state index contributed by atoms with van der Waals surface area (Å²) in [5.74, 6) is 1.06. The van der Waals surface area contributed by atoms with E-state index < -0.39 is 0 Å². The van der Waals surface area contributed by atoms with Gasteiger partial charge in [0, 0.05) is 29.1 Å². The van der Waals surface area contributed by atoms with Crippen LogP contribution in [0.2, 0.25) is 0 Å². The monoisotopic (exact) mass is 431 g/mol. The maximum Gasteiger partial charge on any atom is 0.415 e. The van der Waals surface area contributed by atoms with E-state index >= 15 is 0 Å². The summed E-state index contributed by atoms with van der Waals surface area (Å²) in [5.41, 5.74) is 4.59. The summed E-state index contributed by atoms with van der Waals surface area (Å²) in [6.07, 6.45) is 0.833. The third kappa shape index (κ3) is 4.72. The molecule has 4 rings (SSSR count). The minimum absolute atomic E-state index is 0.0227. The van der Waals surface area contributed by atoms with Gasteiger partial charge in [0.1, 0.15) is 5.75 Å². The Labute approximate surface area is 186 Å². The molecule has 7 nitrogen and oxygen atoms in total. The van der Waals surface area contributed by atoms with Crippen molar-refractivity contribution in [3.63, 3.8) is 0 Å². The maximum absolute atomic E-state index is 12.8. The molecule has 0 saturated heterocycles. The van der Waals surface area contributed by atoms with Crippen molar-refractivity contribution in [2.24, 2.45) is 0 Å². The Kier molecular flexibility index (Phi) is 6.35. The lowest BCUT2D eigenvalue weighted by atomic mass is 10.1. The van der Waals surface area contributed by atoms with Crippen LogP contribution in [0.15, 0.2) is 65.1 Å². The van der Waals surface area contributed by atoms with Gasteiger partial charge in [-0.25, -0.2) is 0 Å². The van der Waals surface area contributed by atoms with Crippen molar-refractivity contribution in [1.29, 1.82) is 0 Å². The molecular weight excluding hydrogens is 406 g/mol. The van der Waals surface area contributed by atoms with Crippen LogP contribution in [0.1, 0.15) is 27.3 Å². The average molecular weight is 431 g/mol. The number of benzene rings is 2. The number of aryl methyl sites for hydroxylation is 2. The fourth-order valence-electron chi connectivity index (χ4n) is 3.63. The minimum atomic E-state index is -0.167. The fraction of sp³-hybridized carbons (Fsp3) is 0.240. The molecule has 32 heavy (non-hydrogen) atoms. The highest BCUT2D eigenvalue weighted by atomic mass is 16.6. The maximum atomic E-state index is 12.8. The standard InChI is InChI=1S/C25H25N3O4/c1-17-15-22(18(2)28(17)14-13-19-9-11-21(30-3)12-10-19)23(29)16-31-25-27-26-24(32-25)20-7-5-4-6-8-20/h4-12,15H,13-14,16H2,1-3H3. The predicted octanol–water partition coefficient (Wildman–Crippen LogP) is 4.67. The molecule has 2 aromatic carbocycles. The molecule has 0 aliphatic carbocycles. The average Bonchev–Trinajstić information content (AvgIpc) is 3.41. The Morgan fingerprint density at radius 1 is 1.03 bits per heavy atom. The largest absolute Gasteiger partial charge is 0.497 e. The molecule has 0 spiro atoms. The van der Waals surface area contributed by atoms with Crippen molar-refractivity contribution < 1.29 is 18.7 Å². The Morgan fingerprint density at radius 2 is 1.78 bits per heavy atom. The first-order chi connectivity index (χ1) is 15.5. The number of methoxy groups -OCH3 is 1. The van der Waals surface area contributed by atoms with Crippen molar-refractivity contribution in [1.82, 2.24) is 14.8 Å². The van der Waals surface area contributed by atoms with E-state index in [0.717, 1.165) is 35.7 Å². The summed E-state index contributed by atoms with van der Waals surface area (Å²) in [7, 11) is 1.66. The van der Waals surface area contributed by atoms with Crippen LogP contribution < -0.4 is 9.47 Å². The molecule has 0 aliphatic rings. The van der Waals surface area contributed by atoms with Crippen LogP contribution in [0.4, 0.5) is 0 Å². The van der Waals surface area contributed by atoms with E-state index in [9.17, 15) is 4.79 Å². The quantitative estimate of drug-likeness (QED) is 0.359. The van der Waals surface area contributed by atoms with Gasteiger partial charge in [0.05, 0.1) is 7.11 Å². The number of ether oxygens (including phenoxy) is 2. The van der Waals surface area contributed by atoms with Gasteiger partial charge in [0.2, 0.25) is 5.78 Å². The van der Waals surface area contributed by atoms with Gasteiger partial charge in [-0.3, -0.25) is 4.79 Å². The molecule has 0 fully saturated rings. The predicted molar refractivity (Wildman–Crippen MR) is 120 cm³/mol. The second kappa shape index (κ2) is 9.51. The second-order valence-corrected chi connectivity index (χ2v) is 7.49. The number of carbonyl (C=O) groups is 1. The lowest BCUT2D eigenvalue weighted by Gasteiger charge is -2.10. The smallest absolute Gasteiger partial charge is 0.415 e. The van der Waals surface area contributed by atoms with E-state index in [2.05, 4.69) is 26.9 Å². The molecule has 164 valence electrons. The number of ketones is 1. The first-order valence-corrected chi connectivity index (χ1v) is 10.4. The zero-order chi connectivity index (χ0) is 22.5. The van der Waals surface area contributed by atoms with Crippen molar-refractivity contribution >= 4 is 5.78 Å². The molecule has 0 bridgehead atoms. The van der Waals surface area contributed by atoms with Crippen molar-refractivity contribution in [3.05, 3.63) is 83.2 Å². The SMILES string of the molecule is COc1ccc(CCn2c(C)cc(C(=O)COc3nnc(-c4ccccc4)o3)c2C)cc1. The molecule has 0 radical (unpaired) electrons. The van der Waals surface area contributed by atoms with Crippen molar-refractivity contribution in [3.8, 4) is 23.3 Å². The molecule has 7 heteroatoms. The summed E-state index contributed by atoms with van der Waals surface area (Å²) in [6, 6.07) is 19.3. The van der Waals surface area contributed by atoms with Crippen LogP contribution >= 0.6 is 0 Å². The van der Waals surface area contributed by atoms with Crippen LogP contribution in [-0.2, 0) is 13.0 Å². The number of hydrogen-bond acceptors (Lipinski definition) is 6. The highest BCUT2D eigenvalue weighted by molar-refractivity contribution is 5.98. The molecule has 2 heterocycles. The Bertz CT molecular complexity index is 1190. The fourth-order valence-corrected chi connectivity index (χ4v) is 3.63. The number of aromatic nitrogens is 3. The first kappa shape index (κ1) is 21.4. The third-order valence-corrected chi connectivity index (χ3v) is 5.41. The summed E-state index contributed by atoms with van der Waals surface area (Å²) in [4.78, 5) is 12.8. The number of Topliss-reactive ketones (excluding diaryl/α,β-unsaturated/α-hetero) is 1. The molecule has 0 amide bonds. The zero-order valence-corrected chi connectivity index (χ0v) is 18.4. The number of nitrogens with zero attached hydrogens (tertiary/aromatic N) is 3. The molecule has 0 saturated carbocycles. The highest BCUT2D eigenvalue weighted by Crippen LogP contribution is 2.21. The summed E-state index contributed by atoms with van der Waals surface area (Å²) >= 11 is 0. The van der Waals surface area contributed by atoms with Crippen LogP contribution in [-0.4, -0.2) is 34.3 Å². The van der Waals surface area contributed by atoms with Gasteiger partial charge in [-0.15, -0.1) is 5.10 Å². The van der Waals surface area contributed by atoms with Crippen LogP contribution in [0, 0.1) is 13.8 Å². The van der Waals surface area contributed by atoms with Gasteiger partial charge in [0.25, 0.3) is 5.89 Å². The van der Waals surface area contributed by atoms with Gasteiger partial charge in [0.15, 0.2) is 6.61 Å². The van der Waals surface area contributed by atoms with Gasteiger partial charge < -0.3 is 18.5 Å². The Balaban J connectivity index is 1.38. The zero-order valence-electron chi connectivity index (χ0n) is 18.4. The molecule has 2 aromatic heterocycles. The van der Waals surface area contributed by atoms with Gasteiger partial charge >= 0.3 is 6.08 Å². The Morgan fingerprint density at radius 3 is 2.50 bits per heavy atom. The molecular formula is C25H25N3O4. The highest BCUT2D eigenvalue weighted by Gasteiger charge is 2.18. The van der Waals surface area contributed by atoms with Gasteiger partial charge in [-0.05, 0) is 56.2 Å². The van der Waals surface area contributed by atoms with Crippen molar-refractivity contribution in [2.75, 3.05) is 13.7 Å². The Hall–Kier alpha value is -3.87. The normalized spacial score (nSPS) is 10.8. The van der Waals surface area contributed by atoms with Crippen molar-refractivity contribution in [2.45, 2.75) is 26.8 Å². The van der Waals surface area contributed by atoms with Crippen LogP contribution in [0.25, 0.3) is 11.5 Å². The molecule has 4 aromatic rings. The van der Waals surface area contributed by atoms with Gasteiger partial charge in [-0.1, -0.05) is 35.4 Å². The first-order valence-electron chi connectivity index (χ1n) is 10.4. The van der Waals surface area contributed by atoms with Crippen LogP contribution in [0.5, 0.6) is 11.8 Å². The second-order valence-electron chi connectivity index (χ2n) is 7.49. The summed E-state index contributed by atoms with van der Waals surface area (Å²) in [6.45, 7) is 4.57. The number of rotatable bonds is 9. The lowest BCUT2D eigenvalue weighted by molar-refractivity contribution is 0.0893. The number of carbonyl (C=O) groups excluding carboxylic acids is 1. The van der Waals surface area contributed by atoms with E-state index in [1.807, 2.05) is 62.4 Å². The van der Waals surface area contributed by atoms with E-state index in [-0.39, 0.29) is 18.5 Å². The molecule has 0 unspecified atom stereocenters. The van der Waals surface area contributed by atoms with E-state index in [0.29, 0.717) is 11.5 Å². The van der Waals surface area contributed by atoms with E-state index in [1.165, 1.54) is 5.56 Å². The number of hydrogen-bond donors (Lipinski definition) is 0. The van der Waals surface area contributed by atoms with E-state index in [1.54, 1.807) is 7.11 Å². The lowest BCUT2D eigenvalue weighted by Crippen LogP contribution is -2.13. The van der Waals surface area contributed by atoms with Crippen LogP contribution in [0.3, 0.4) is 0 Å². The topological polar surface area (TPSA) is 79.4 Å². The summed E-state index contributed by atoms with van der Waals surface area (Å²) < 4.78 is 18.3. The molecule has 0 atom stereocenters. The summed E-state index contributed by atoms with van der Waals surface area (Å²) in [5, 5.41) is 7.85. The van der Waals surface area contributed by atoms with E-state index in [4.69, 9.17) is 13.9 Å². The molecule has 0 N–H and O–H groups in total. The minimum Gasteiger partial charge on any atom is -0.497 e. The third-order valence-electron chi connectivity index (χ3n) is 5.41. The molecule has 0 aliphatic heterocycles. The van der Waals surface area contributed by atoms with Gasteiger partial charge in [-0.2, -0.15) is 0 Å².